The topological polar surface area (TPSA) is 81.9 Å². The quantitative estimate of drug-likeness (QED) is 0.461. The summed E-state index contributed by atoms with van der Waals surface area (Å²) in [7, 11) is 0. The van der Waals surface area contributed by atoms with Gasteiger partial charge in [-0.15, -0.1) is 11.3 Å². The van der Waals surface area contributed by atoms with Crippen molar-refractivity contribution in [2.45, 2.75) is 13.8 Å². The molecule has 0 aliphatic rings. The van der Waals surface area contributed by atoms with Crippen molar-refractivity contribution in [3.05, 3.63) is 45.6 Å². The first-order chi connectivity index (χ1) is 9.47. The summed E-state index contributed by atoms with van der Waals surface area (Å²) in [5.74, 6) is -0.301. The maximum atomic E-state index is 11.8. The van der Waals surface area contributed by atoms with Crippen molar-refractivity contribution in [2.24, 2.45) is 5.10 Å². The van der Waals surface area contributed by atoms with Crippen LogP contribution in [0.15, 0.2) is 34.7 Å². The van der Waals surface area contributed by atoms with Gasteiger partial charge in [-0.3, -0.25) is 4.79 Å². The van der Waals surface area contributed by atoms with Crippen LogP contribution >= 0.6 is 11.3 Å². The molecule has 0 bridgehead atoms. The van der Waals surface area contributed by atoms with Crippen molar-refractivity contribution in [1.29, 1.82) is 0 Å². The third kappa shape index (κ3) is 3.16. The van der Waals surface area contributed by atoms with Crippen LogP contribution in [0.25, 0.3) is 0 Å². The lowest BCUT2D eigenvalue weighted by Gasteiger charge is -2.05. The first-order valence-electron chi connectivity index (χ1n) is 5.89. The van der Waals surface area contributed by atoms with Gasteiger partial charge < -0.3 is 10.2 Å². The number of hydrogen-bond donors (Lipinski definition) is 3. The van der Waals surface area contributed by atoms with Gasteiger partial charge in [0.25, 0.3) is 5.91 Å². The smallest absolute Gasteiger partial charge is 0.272 e. The first-order valence-corrected chi connectivity index (χ1v) is 6.77. The van der Waals surface area contributed by atoms with Crippen LogP contribution < -0.4 is 5.43 Å². The van der Waals surface area contributed by atoms with Gasteiger partial charge in [0, 0.05) is 15.8 Å². The Hall–Kier alpha value is -2.34. The number of hydrazone groups is 1. The van der Waals surface area contributed by atoms with Gasteiger partial charge in [-0.05, 0) is 38.1 Å². The van der Waals surface area contributed by atoms with Crippen molar-refractivity contribution in [1.82, 2.24) is 5.43 Å². The van der Waals surface area contributed by atoms with Gasteiger partial charge in [0.05, 0.1) is 11.3 Å². The first kappa shape index (κ1) is 14.1. The molecule has 0 spiro atoms. The third-order valence-corrected chi connectivity index (χ3v) is 3.55. The average molecular weight is 290 g/mol. The van der Waals surface area contributed by atoms with Gasteiger partial charge in [0.1, 0.15) is 11.5 Å². The van der Waals surface area contributed by atoms with Gasteiger partial charge >= 0.3 is 0 Å². The van der Waals surface area contributed by atoms with E-state index in [2.05, 4.69) is 10.5 Å². The zero-order valence-corrected chi connectivity index (χ0v) is 11.9. The summed E-state index contributed by atoms with van der Waals surface area (Å²) in [6.07, 6.45) is 0. The number of hydrogen-bond acceptors (Lipinski definition) is 5. The van der Waals surface area contributed by atoms with Crippen molar-refractivity contribution in [3.63, 3.8) is 0 Å². The van der Waals surface area contributed by atoms with E-state index >= 15 is 0 Å². The summed E-state index contributed by atoms with van der Waals surface area (Å²) < 4.78 is 0. The Bertz CT molecular complexity index is 677. The summed E-state index contributed by atoms with van der Waals surface area (Å²) in [5, 5.41) is 24.8. The number of rotatable bonds is 3. The van der Waals surface area contributed by atoms with E-state index in [0.29, 0.717) is 16.8 Å². The molecule has 6 heteroatoms. The molecular formula is C14H14N2O3S. The lowest BCUT2D eigenvalue weighted by atomic mass is 10.1. The van der Waals surface area contributed by atoms with Crippen LogP contribution in [0, 0.1) is 6.92 Å². The molecule has 0 aliphatic heterocycles. The number of benzene rings is 1. The van der Waals surface area contributed by atoms with Gasteiger partial charge in [-0.2, -0.15) is 5.10 Å². The minimum Gasteiger partial charge on any atom is -0.508 e. The molecule has 0 aliphatic carbocycles. The van der Waals surface area contributed by atoms with Crippen molar-refractivity contribution in [3.8, 4) is 11.5 Å². The van der Waals surface area contributed by atoms with E-state index in [-0.39, 0.29) is 17.4 Å². The number of phenolic OH excluding ortho intramolecular Hbond substituents is 2. The molecule has 2 rings (SSSR count). The van der Waals surface area contributed by atoms with Gasteiger partial charge in [0.2, 0.25) is 0 Å². The Morgan fingerprint density at radius 1 is 1.30 bits per heavy atom. The molecule has 5 nitrogen and oxygen atoms in total. The Balaban J connectivity index is 2.15. The Morgan fingerprint density at radius 3 is 2.70 bits per heavy atom. The zero-order chi connectivity index (χ0) is 14.7. The summed E-state index contributed by atoms with van der Waals surface area (Å²) >= 11 is 1.49. The number of carbonyl (C=O) groups is 1. The van der Waals surface area contributed by atoms with Gasteiger partial charge in [-0.25, -0.2) is 5.43 Å². The highest BCUT2D eigenvalue weighted by Crippen LogP contribution is 2.22. The molecule has 0 radical (unpaired) electrons. The second kappa shape index (κ2) is 5.75. The van der Waals surface area contributed by atoms with E-state index in [1.165, 1.54) is 29.5 Å². The van der Waals surface area contributed by atoms with Crippen molar-refractivity contribution < 1.29 is 15.0 Å². The average Bonchev–Trinajstić information content (AvgIpc) is 2.85. The summed E-state index contributed by atoms with van der Waals surface area (Å²) in [6.45, 7) is 3.55. The van der Waals surface area contributed by atoms with Crippen LogP contribution in [0.3, 0.4) is 0 Å². The van der Waals surface area contributed by atoms with Crippen LogP contribution in [0.5, 0.6) is 11.5 Å². The van der Waals surface area contributed by atoms with E-state index in [0.717, 1.165) is 4.88 Å². The molecule has 20 heavy (non-hydrogen) atoms. The molecule has 0 saturated carbocycles. The van der Waals surface area contributed by atoms with Crippen molar-refractivity contribution in [2.75, 3.05) is 0 Å². The minimum absolute atomic E-state index is 0.00956. The number of nitrogens with zero attached hydrogens (tertiary/aromatic N) is 1. The fourth-order valence-electron chi connectivity index (χ4n) is 1.64. The van der Waals surface area contributed by atoms with Crippen LogP contribution in [0.4, 0.5) is 0 Å². The SMILES string of the molecule is CC(=NNC(=O)c1csc(C)c1)c1cc(O)ccc1O. The number of nitrogens with one attached hydrogen (secondary N) is 1. The number of aromatic hydroxyl groups is 2. The third-order valence-electron chi connectivity index (χ3n) is 2.69. The van der Waals surface area contributed by atoms with E-state index in [4.69, 9.17) is 0 Å². The summed E-state index contributed by atoms with van der Waals surface area (Å²) in [5.41, 5.74) is 3.73. The van der Waals surface area contributed by atoms with Crippen LogP contribution in [-0.4, -0.2) is 21.8 Å². The highest BCUT2D eigenvalue weighted by Gasteiger charge is 2.09. The predicted octanol–water partition coefficient (Wildman–Crippen LogP) is 2.62. The number of carbonyl (C=O) groups excluding carboxylic acids is 1. The molecule has 0 saturated heterocycles. The zero-order valence-electron chi connectivity index (χ0n) is 11.0. The maximum absolute atomic E-state index is 11.8. The predicted molar refractivity (Wildman–Crippen MR) is 78.5 cm³/mol. The van der Waals surface area contributed by atoms with Crippen molar-refractivity contribution >= 4 is 23.0 Å². The lowest BCUT2D eigenvalue weighted by molar-refractivity contribution is 0.0955. The molecule has 0 fully saturated rings. The molecule has 104 valence electrons. The summed E-state index contributed by atoms with van der Waals surface area (Å²) in [6, 6.07) is 5.90. The van der Waals surface area contributed by atoms with Crippen LogP contribution in [-0.2, 0) is 0 Å². The molecule has 3 N–H and O–H groups in total. The van der Waals surface area contributed by atoms with Crippen LogP contribution in [0.1, 0.15) is 27.7 Å². The number of aryl methyl sites for hydroxylation is 1. The molecule has 1 aromatic heterocycles. The fourth-order valence-corrected chi connectivity index (χ4v) is 2.32. The highest BCUT2D eigenvalue weighted by atomic mass is 32.1. The standard InChI is InChI=1S/C14H14N2O3S/c1-8-5-10(7-20-8)14(19)16-15-9(2)12-6-11(17)3-4-13(12)18/h3-7,17-18H,1-2H3,(H,16,19). The highest BCUT2D eigenvalue weighted by molar-refractivity contribution is 7.10. The largest absolute Gasteiger partial charge is 0.508 e. The molecule has 2 aromatic rings. The molecule has 1 amide bonds. The second-order valence-electron chi connectivity index (χ2n) is 4.29. The molecule has 0 unspecified atom stereocenters. The Morgan fingerprint density at radius 2 is 2.05 bits per heavy atom. The molecule has 1 aromatic carbocycles. The Labute approximate surface area is 120 Å². The monoisotopic (exact) mass is 290 g/mol. The van der Waals surface area contributed by atoms with E-state index in [9.17, 15) is 15.0 Å². The lowest BCUT2D eigenvalue weighted by Crippen LogP contribution is -2.18. The van der Waals surface area contributed by atoms with E-state index in [1.54, 1.807) is 18.4 Å². The summed E-state index contributed by atoms with van der Waals surface area (Å²) in [4.78, 5) is 12.9. The molecule has 1 heterocycles. The van der Waals surface area contributed by atoms with E-state index in [1.807, 2.05) is 6.92 Å². The normalized spacial score (nSPS) is 11.4. The number of amides is 1. The van der Waals surface area contributed by atoms with E-state index < -0.39 is 0 Å². The molecular weight excluding hydrogens is 276 g/mol. The number of phenols is 2. The fraction of sp³-hybridized carbons (Fsp3) is 0.143. The number of thiophene rings is 1. The Kier molecular flexibility index (Phi) is 4.05. The van der Waals surface area contributed by atoms with Gasteiger partial charge in [0.15, 0.2) is 0 Å². The maximum Gasteiger partial charge on any atom is 0.272 e. The molecule has 0 atom stereocenters. The van der Waals surface area contributed by atoms with Gasteiger partial charge in [-0.1, -0.05) is 0 Å². The minimum atomic E-state index is -0.312. The van der Waals surface area contributed by atoms with Crippen LogP contribution in [0.2, 0.25) is 0 Å². The second-order valence-corrected chi connectivity index (χ2v) is 5.40.